The molecule has 156 valence electrons. The topological polar surface area (TPSA) is 61.9 Å². The van der Waals surface area contributed by atoms with Gasteiger partial charge in [0, 0.05) is 23.8 Å². The van der Waals surface area contributed by atoms with E-state index < -0.39 is 6.04 Å². The average Bonchev–Trinajstić information content (AvgIpc) is 3.28. The molecule has 1 aromatic carbocycles. The van der Waals surface area contributed by atoms with Crippen LogP contribution in [0.1, 0.15) is 61.9 Å². The zero-order valence-corrected chi connectivity index (χ0v) is 17.4. The Kier molecular flexibility index (Phi) is 5.63. The number of carbonyl (C=O) groups excluding carboxylic acids is 2. The van der Waals surface area contributed by atoms with Crippen LogP contribution in [0.15, 0.2) is 30.5 Å². The molecule has 4 rings (SSSR count). The van der Waals surface area contributed by atoms with Crippen LogP contribution in [0.2, 0.25) is 0 Å². The maximum Gasteiger partial charge on any atom is 0.255 e. The third kappa shape index (κ3) is 3.78. The standard InChI is InChI=1S/C23H31N3O3/c1-4-25(5-2)19-7-6-8-21(19)29-17-10-11-18-16(13-17)14-26(23(18)28)20-12-9-15(3)24-22(20)27/h10-11,13,19-21H,3-9,12,14H2,1-2H3,(H,24,27)/t19-,20?,21+/m1/s1. The van der Waals surface area contributed by atoms with Crippen molar-refractivity contribution in [2.75, 3.05) is 13.1 Å². The van der Waals surface area contributed by atoms with Gasteiger partial charge in [-0.3, -0.25) is 14.5 Å². The minimum absolute atomic E-state index is 0.0684. The molecule has 29 heavy (non-hydrogen) atoms. The van der Waals surface area contributed by atoms with Crippen LogP contribution in [0.3, 0.4) is 0 Å². The molecule has 2 heterocycles. The maximum atomic E-state index is 12.9. The SMILES string of the molecule is C=C1CCC(N2Cc3cc(O[C@H]4CCC[C@H]4N(CC)CC)ccc3C2=O)C(=O)N1. The summed E-state index contributed by atoms with van der Waals surface area (Å²) in [5.74, 6) is 0.622. The quantitative estimate of drug-likeness (QED) is 0.801. The number of hydrogen-bond acceptors (Lipinski definition) is 4. The highest BCUT2D eigenvalue weighted by molar-refractivity contribution is 6.01. The molecule has 3 aliphatic rings. The van der Waals surface area contributed by atoms with E-state index in [-0.39, 0.29) is 17.9 Å². The molecule has 0 spiro atoms. The van der Waals surface area contributed by atoms with Crippen molar-refractivity contribution < 1.29 is 14.3 Å². The molecule has 6 heteroatoms. The Bertz CT molecular complexity index is 818. The lowest BCUT2D eigenvalue weighted by Crippen LogP contribution is -2.49. The summed E-state index contributed by atoms with van der Waals surface area (Å²) in [5, 5.41) is 2.78. The monoisotopic (exact) mass is 397 g/mol. The van der Waals surface area contributed by atoms with E-state index in [1.165, 1.54) is 12.8 Å². The van der Waals surface area contributed by atoms with Crippen LogP contribution < -0.4 is 10.1 Å². The van der Waals surface area contributed by atoms with E-state index in [0.29, 0.717) is 31.0 Å². The number of nitrogens with zero attached hydrogens (tertiary/aromatic N) is 2. The molecule has 1 N–H and O–H groups in total. The molecule has 6 nitrogen and oxygen atoms in total. The average molecular weight is 398 g/mol. The minimum atomic E-state index is -0.424. The van der Waals surface area contributed by atoms with Crippen LogP contribution in [0, 0.1) is 0 Å². The number of allylic oxidation sites excluding steroid dienone is 1. The largest absolute Gasteiger partial charge is 0.489 e. The second-order valence-electron chi connectivity index (χ2n) is 8.28. The first-order valence-corrected chi connectivity index (χ1v) is 10.8. The Balaban J connectivity index is 1.48. The summed E-state index contributed by atoms with van der Waals surface area (Å²) in [6, 6.07) is 5.78. The van der Waals surface area contributed by atoms with Gasteiger partial charge in [-0.25, -0.2) is 0 Å². The van der Waals surface area contributed by atoms with Gasteiger partial charge in [0.25, 0.3) is 5.91 Å². The van der Waals surface area contributed by atoms with Crippen molar-refractivity contribution >= 4 is 11.8 Å². The van der Waals surface area contributed by atoms with Gasteiger partial charge in [-0.15, -0.1) is 0 Å². The minimum Gasteiger partial charge on any atom is -0.489 e. The fourth-order valence-electron chi connectivity index (χ4n) is 5.03. The van der Waals surface area contributed by atoms with Crippen molar-refractivity contribution in [2.45, 2.75) is 70.7 Å². The number of ether oxygens (including phenoxy) is 1. The van der Waals surface area contributed by atoms with Gasteiger partial charge < -0.3 is 15.0 Å². The number of benzene rings is 1. The summed E-state index contributed by atoms with van der Waals surface area (Å²) in [7, 11) is 0. The van der Waals surface area contributed by atoms with Gasteiger partial charge in [-0.1, -0.05) is 20.4 Å². The molecule has 2 fully saturated rings. The van der Waals surface area contributed by atoms with Crippen molar-refractivity contribution in [3.63, 3.8) is 0 Å². The first kappa shape index (κ1) is 20.0. The summed E-state index contributed by atoms with van der Waals surface area (Å²) < 4.78 is 6.39. The number of likely N-dealkylation sites (N-methyl/N-ethyl adjacent to an activating group) is 1. The molecule has 0 aromatic heterocycles. The molecule has 0 radical (unpaired) electrons. The molecule has 1 aliphatic carbocycles. The van der Waals surface area contributed by atoms with Crippen LogP contribution in [-0.2, 0) is 11.3 Å². The summed E-state index contributed by atoms with van der Waals surface area (Å²) in [4.78, 5) is 29.4. The molecule has 0 bridgehead atoms. The lowest BCUT2D eigenvalue weighted by atomic mass is 10.0. The van der Waals surface area contributed by atoms with Crippen molar-refractivity contribution in [1.29, 1.82) is 0 Å². The fraction of sp³-hybridized carbons (Fsp3) is 0.565. The molecule has 2 amide bonds. The third-order valence-corrected chi connectivity index (χ3v) is 6.59. The van der Waals surface area contributed by atoms with Crippen LogP contribution in [0.5, 0.6) is 5.75 Å². The van der Waals surface area contributed by atoms with E-state index in [1.54, 1.807) is 4.90 Å². The smallest absolute Gasteiger partial charge is 0.255 e. The molecule has 3 atom stereocenters. The van der Waals surface area contributed by atoms with E-state index in [1.807, 2.05) is 18.2 Å². The molecule has 1 saturated carbocycles. The van der Waals surface area contributed by atoms with E-state index >= 15 is 0 Å². The zero-order chi connectivity index (χ0) is 20.5. The highest BCUT2D eigenvalue weighted by atomic mass is 16.5. The highest BCUT2D eigenvalue weighted by Crippen LogP contribution is 2.33. The van der Waals surface area contributed by atoms with Gasteiger partial charge in [-0.05, 0) is 69.0 Å². The molecular formula is C23H31N3O3. The second kappa shape index (κ2) is 8.19. The number of fused-ring (bicyclic) bond motifs is 1. The van der Waals surface area contributed by atoms with Crippen molar-refractivity contribution in [3.05, 3.63) is 41.6 Å². The maximum absolute atomic E-state index is 12.9. The predicted octanol–water partition coefficient (Wildman–Crippen LogP) is 3.08. The highest BCUT2D eigenvalue weighted by Gasteiger charge is 2.38. The van der Waals surface area contributed by atoms with Gasteiger partial charge in [-0.2, -0.15) is 0 Å². The van der Waals surface area contributed by atoms with Crippen molar-refractivity contribution in [2.24, 2.45) is 0 Å². The number of carbonyl (C=O) groups is 2. The normalized spacial score (nSPS) is 26.8. The van der Waals surface area contributed by atoms with Gasteiger partial charge in [0.2, 0.25) is 5.91 Å². The first-order valence-electron chi connectivity index (χ1n) is 10.8. The van der Waals surface area contributed by atoms with Gasteiger partial charge in [0.05, 0.1) is 0 Å². The lowest BCUT2D eigenvalue weighted by molar-refractivity contribution is -0.126. The first-order chi connectivity index (χ1) is 14.0. The van der Waals surface area contributed by atoms with Crippen LogP contribution in [-0.4, -0.2) is 52.9 Å². The van der Waals surface area contributed by atoms with Crippen LogP contribution >= 0.6 is 0 Å². The second-order valence-corrected chi connectivity index (χ2v) is 8.28. The van der Waals surface area contributed by atoms with Gasteiger partial charge in [0.15, 0.2) is 0 Å². The Hall–Kier alpha value is -2.34. The number of nitrogens with one attached hydrogen (secondary N) is 1. The number of amides is 2. The molecular weight excluding hydrogens is 366 g/mol. The fourth-order valence-corrected chi connectivity index (χ4v) is 5.03. The Labute approximate surface area is 172 Å². The molecule has 1 saturated heterocycles. The summed E-state index contributed by atoms with van der Waals surface area (Å²) in [6.45, 7) is 10.7. The Morgan fingerprint density at radius 1 is 1.21 bits per heavy atom. The summed E-state index contributed by atoms with van der Waals surface area (Å²) >= 11 is 0. The lowest BCUT2D eigenvalue weighted by Gasteiger charge is -2.31. The van der Waals surface area contributed by atoms with E-state index in [2.05, 4.69) is 30.6 Å². The number of piperidine rings is 1. The van der Waals surface area contributed by atoms with Crippen molar-refractivity contribution in [3.8, 4) is 5.75 Å². The van der Waals surface area contributed by atoms with E-state index in [9.17, 15) is 9.59 Å². The Morgan fingerprint density at radius 3 is 2.72 bits per heavy atom. The van der Waals surface area contributed by atoms with Gasteiger partial charge >= 0.3 is 0 Å². The van der Waals surface area contributed by atoms with Crippen LogP contribution in [0.25, 0.3) is 0 Å². The molecule has 1 unspecified atom stereocenters. The summed E-state index contributed by atoms with van der Waals surface area (Å²) in [5.41, 5.74) is 2.36. The van der Waals surface area contributed by atoms with E-state index in [0.717, 1.165) is 36.5 Å². The number of rotatable bonds is 6. The van der Waals surface area contributed by atoms with E-state index in [4.69, 9.17) is 4.74 Å². The zero-order valence-electron chi connectivity index (χ0n) is 17.4. The van der Waals surface area contributed by atoms with Crippen LogP contribution in [0.4, 0.5) is 0 Å². The number of hydrogen-bond donors (Lipinski definition) is 1. The van der Waals surface area contributed by atoms with Gasteiger partial charge in [0.1, 0.15) is 17.9 Å². The molecule has 2 aliphatic heterocycles. The Morgan fingerprint density at radius 2 is 2.00 bits per heavy atom. The van der Waals surface area contributed by atoms with Crippen molar-refractivity contribution in [1.82, 2.24) is 15.1 Å². The third-order valence-electron chi connectivity index (χ3n) is 6.59. The summed E-state index contributed by atoms with van der Waals surface area (Å²) in [6.07, 6.45) is 4.95. The molecule has 1 aromatic rings. The predicted molar refractivity (Wildman–Crippen MR) is 112 cm³/mol.